The first kappa shape index (κ1) is 21.7. The average molecular weight is 425 g/mol. The van der Waals surface area contributed by atoms with E-state index in [-0.39, 0.29) is 25.0 Å². The van der Waals surface area contributed by atoms with Gasteiger partial charge in [0.05, 0.1) is 0 Å². The van der Waals surface area contributed by atoms with Gasteiger partial charge < -0.3 is 15.0 Å². The Kier molecular flexibility index (Phi) is 7.31. The van der Waals surface area contributed by atoms with Gasteiger partial charge in [-0.3, -0.25) is 9.59 Å². The van der Waals surface area contributed by atoms with Gasteiger partial charge in [0.15, 0.2) is 6.61 Å². The van der Waals surface area contributed by atoms with Gasteiger partial charge in [-0.2, -0.15) is 0 Å². The van der Waals surface area contributed by atoms with Crippen molar-refractivity contribution in [2.24, 2.45) is 0 Å². The quantitative estimate of drug-likeness (QED) is 0.582. The number of hydrogen-bond acceptors (Lipinski definition) is 3. The summed E-state index contributed by atoms with van der Waals surface area (Å²) in [5.41, 5.74) is 0.845. The van der Waals surface area contributed by atoms with Crippen molar-refractivity contribution in [2.75, 3.05) is 13.2 Å². The summed E-state index contributed by atoms with van der Waals surface area (Å²) in [6.07, 6.45) is 0. The molecule has 0 aliphatic carbocycles. The number of carbonyl (C=O) groups is 2. The molecule has 0 fully saturated rings. The lowest BCUT2D eigenvalue weighted by Gasteiger charge is -2.28. The van der Waals surface area contributed by atoms with Crippen LogP contribution in [0.3, 0.4) is 0 Å². The fourth-order valence-electron chi connectivity index (χ4n) is 3.28. The largest absolute Gasteiger partial charge is 0.483 e. The summed E-state index contributed by atoms with van der Waals surface area (Å²) in [6, 6.07) is 20.2. The lowest BCUT2D eigenvalue weighted by Crippen LogP contribution is -2.49. The summed E-state index contributed by atoms with van der Waals surface area (Å²) in [6.45, 7) is 4.15. The second-order valence-corrected chi connectivity index (χ2v) is 7.42. The molecule has 3 aromatic rings. The van der Waals surface area contributed by atoms with Crippen LogP contribution in [0.4, 0.5) is 0 Å². The molecule has 30 heavy (non-hydrogen) atoms. The van der Waals surface area contributed by atoms with E-state index < -0.39 is 6.04 Å². The molecule has 0 aliphatic heterocycles. The summed E-state index contributed by atoms with van der Waals surface area (Å²) in [4.78, 5) is 27.0. The molecule has 0 aromatic heterocycles. The van der Waals surface area contributed by atoms with E-state index in [0.717, 1.165) is 16.3 Å². The Morgan fingerprint density at radius 1 is 1.07 bits per heavy atom. The summed E-state index contributed by atoms with van der Waals surface area (Å²) in [7, 11) is 0. The van der Waals surface area contributed by atoms with E-state index in [2.05, 4.69) is 5.32 Å². The smallest absolute Gasteiger partial charge is 0.261 e. The van der Waals surface area contributed by atoms with Gasteiger partial charge in [0.1, 0.15) is 11.8 Å². The van der Waals surface area contributed by atoms with Gasteiger partial charge in [-0.05, 0) is 43.0 Å². The third kappa shape index (κ3) is 5.30. The van der Waals surface area contributed by atoms with Crippen LogP contribution in [0.5, 0.6) is 5.75 Å². The SMILES string of the molecule is CCNC(=O)C(C)N(Cc1cccc(Cl)c1)C(=O)COc1cccc2ccccc12. The van der Waals surface area contributed by atoms with E-state index in [9.17, 15) is 9.59 Å². The Morgan fingerprint density at radius 2 is 1.80 bits per heavy atom. The second kappa shape index (κ2) is 10.1. The average Bonchev–Trinajstić information content (AvgIpc) is 2.75. The maximum absolute atomic E-state index is 13.1. The molecule has 1 N–H and O–H groups in total. The normalized spacial score (nSPS) is 11.7. The summed E-state index contributed by atoms with van der Waals surface area (Å²) < 4.78 is 5.86. The Hall–Kier alpha value is -3.05. The number of likely N-dealkylation sites (N-methyl/N-ethyl adjacent to an activating group) is 1. The first-order chi connectivity index (χ1) is 14.5. The lowest BCUT2D eigenvalue weighted by atomic mass is 10.1. The second-order valence-electron chi connectivity index (χ2n) is 6.99. The first-order valence-electron chi connectivity index (χ1n) is 9.91. The zero-order valence-electron chi connectivity index (χ0n) is 17.1. The molecule has 0 bridgehead atoms. The van der Waals surface area contributed by atoms with E-state index in [1.165, 1.54) is 4.90 Å². The molecule has 0 aliphatic rings. The highest BCUT2D eigenvalue weighted by Gasteiger charge is 2.26. The van der Waals surface area contributed by atoms with Gasteiger partial charge in [-0.1, -0.05) is 60.1 Å². The first-order valence-corrected chi connectivity index (χ1v) is 10.3. The van der Waals surface area contributed by atoms with Crippen LogP contribution in [0.2, 0.25) is 5.02 Å². The number of halogens is 1. The minimum Gasteiger partial charge on any atom is -0.483 e. The van der Waals surface area contributed by atoms with Crippen molar-refractivity contribution in [2.45, 2.75) is 26.4 Å². The topological polar surface area (TPSA) is 58.6 Å². The van der Waals surface area contributed by atoms with Gasteiger partial charge in [0, 0.05) is 23.5 Å². The highest BCUT2D eigenvalue weighted by Crippen LogP contribution is 2.25. The van der Waals surface area contributed by atoms with Gasteiger partial charge in [0.2, 0.25) is 5.91 Å². The Bertz CT molecular complexity index is 1030. The van der Waals surface area contributed by atoms with Gasteiger partial charge in [-0.25, -0.2) is 0 Å². The maximum atomic E-state index is 13.1. The number of ether oxygens (including phenoxy) is 1. The molecule has 0 heterocycles. The molecule has 2 amide bonds. The van der Waals surface area contributed by atoms with Gasteiger partial charge in [0.25, 0.3) is 5.91 Å². The molecular weight excluding hydrogens is 400 g/mol. The molecule has 6 heteroatoms. The number of fused-ring (bicyclic) bond motifs is 1. The van der Waals surface area contributed by atoms with Crippen molar-refractivity contribution in [1.82, 2.24) is 10.2 Å². The zero-order chi connectivity index (χ0) is 21.5. The maximum Gasteiger partial charge on any atom is 0.261 e. The van der Waals surface area contributed by atoms with E-state index in [0.29, 0.717) is 17.3 Å². The third-order valence-corrected chi connectivity index (χ3v) is 5.10. The molecule has 1 unspecified atom stereocenters. The van der Waals surface area contributed by atoms with Crippen LogP contribution in [0.25, 0.3) is 10.8 Å². The molecule has 5 nitrogen and oxygen atoms in total. The summed E-state index contributed by atoms with van der Waals surface area (Å²) in [5, 5.41) is 5.33. The van der Waals surface area contributed by atoms with Crippen LogP contribution in [0.1, 0.15) is 19.4 Å². The number of hydrogen-bond donors (Lipinski definition) is 1. The fraction of sp³-hybridized carbons (Fsp3) is 0.250. The van der Waals surface area contributed by atoms with Crippen LogP contribution in [0, 0.1) is 0 Å². The van der Waals surface area contributed by atoms with E-state index in [1.54, 1.807) is 19.1 Å². The van der Waals surface area contributed by atoms with Gasteiger partial charge in [-0.15, -0.1) is 0 Å². The highest BCUT2D eigenvalue weighted by molar-refractivity contribution is 6.30. The van der Waals surface area contributed by atoms with E-state index in [1.807, 2.05) is 61.5 Å². The van der Waals surface area contributed by atoms with Crippen LogP contribution in [-0.4, -0.2) is 35.9 Å². The standard InChI is InChI=1S/C24H25ClN2O3/c1-3-26-24(29)17(2)27(15-18-8-6-11-20(25)14-18)23(28)16-30-22-13-7-10-19-9-4-5-12-21(19)22/h4-14,17H,3,15-16H2,1-2H3,(H,26,29). The van der Waals surface area contributed by atoms with Crippen molar-refractivity contribution in [3.05, 3.63) is 77.3 Å². The molecular formula is C24H25ClN2O3. The fourth-order valence-corrected chi connectivity index (χ4v) is 3.49. The number of rotatable bonds is 8. The number of nitrogens with one attached hydrogen (secondary N) is 1. The molecule has 0 spiro atoms. The van der Waals surface area contributed by atoms with Crippen LogP contribution in [-0.2, 0) is 16.1 Å². The molecule has 156 valence electrons. The van der Waals surface area contributed by atoms with Crippen molar-refractivity contribution in [1.29, 1.82) is 0 Å². The van der Waals surface area contributed by atoms with E-state index >= 15 is 0 Å². The molecule has 1 atom stereocenters. The number of amides is 2. The summed E-state index contributed by atoms with van der Waals surface area (Å²) in [5.74, 6) is 0.148. The van der Waals surface area contributed by atoms with Crippen molar-refractivity contribution < 1.29 is 14.3 Å². The molecule has 0 saturated carbocycles. The van der Waals surface area contributed by atoms with Crippen LogP contribution in [0.15, 0.2) is 66.7 Å². The zero-order valence-corrected chi connectivity index (χ0v) is 17.9. The monoisotopic (exact) mass is 424 g/mol. The number of benzene rings is 3. The highest BCUT2D eigenvalue weighted by atomic mass is 35.5. The van der Waals surface area contributed by atoms with E-state index in [4.69, 9.17) is 16.3 Å². The predicted octanol–water partition coefficient (Wildman–Crippen LogP) is 4.43. The van der Waals surface area contributed by atoms with Crippen molar-refractivity contribution in [3.8, 4) is 5.75 Å². The lowest BCUT2D eigenvalue weighted by molar-refractivity contribution is -0.142. The minimum atomic E-state index is -0.646. The Labute approximate surface area is 181 Å². The number of carbonyl (C=O) groups excluding carboxylic acids is 2. The van der Waals surface area contributed by atoms with Crippen LogP contribution < -0.4 is 10.1 Å². The van der Waals surface area contributed by atoms with Crippen molar-refractivity contribution in [3.63, 3.8) is 0 Å². The van der Waals surface area contributed by atoms with Gasteiger partial charge >= 0.3 is 0 Å². The van der Waals surface area contributed by atoms with Crippen LogP contribution >= 0.6 is 11.6 Å². The predicted molar refractivity (Wildman–Crippen MR) is 120 cm³/mol. The van der Waals surface area contributed by atoms with Crippen molar-refractivity contribution >= 4 is 34.2 Å². The Balaban J connectivity index is 1.79. The molecule has 3 rings (SSSR count). The molecule has 3 aromatic carbocycles. The molecule has 0 radical (unpaired) electrons. The minimum absolute atomic E-state index is 0.168. The number of nitrogens with zero attached hydrogens (tertiary/aromatic N) is 1. The molecule has 0 saturated heterocycles. The third-order valence-electron chi connectivity index (χ3n) is 4.86. The Morgan fingerprint density at radius 3 is 2.57 bits per heavy atom. The summed E-state index contributed by atoms with van der Waals surface area (Å²) >= 11 is 6.09.